The number of alkyl halides is 1. The van der Waals surface area contributed by atoms with Crippen LogP contribution in [0, 0.1) is 5.92 Å². The largest absolute Gasteiger partial charge is 0.381 e. The van der Waals surface area contributed by atoms with Crippen LogP contribution in [-0.4, -0.2) is 51.0 Å². The monoisotopic (exact) mass is 415 g/mol. The molecule has 1 fully saturated rings. The van der Waals surface area contributed by atoms with Crippen LogP contribution < -0.4 is 16.0 Å². The summed E-state index contributed by atoms with van der Waals surface area (Å²) in [6.45, 7) is 2.05. The van der Waals surface area contributed by atoms with E-state index in [1.807, 2.05) is 11.8 Å². The Hall–Kier alpha value is -3.04. The van der Waals surface area contributed by atoms with Crippen molar-refractivity contribution < 1.29 is 13.6 Å². The molecule has 1 amide bonds. The first-order valence-electron chi connectivity index (χ1n) is 10.2. The molecular weight excluding hydrogens is 392 g/mol. The fourth-order valence-corrected chi connectivity index (χ4v) is 4.74. The number of nitrogens with two attached hydrogens (primary N) is 1. The number of nitrogen functional groups attached to an aromatic ring is 1. The number of aliphatic imine (C=N–C) groups is 1. The third-order valence-electron chi connectivity index (χ3n) is 6.20. The van der Waals surface area contributed by atoms with Crippen molar-refractivity contribution in [3.8, 4) is 0 Å². The lowest BCUT2D eigenvalue weighted by Gasteiger charge is -2.34. The minimum absolute atomic E-state index is 0.0878. The number of nitrogens with one attached hydrogen (secondary N) is 1. The molecule has 4 atom stereocenters. The highest BCUT2D eigenvalue weighted by atomic mass is 19.1. The van der Waals surface area contributed by atoms with Crippen LogP contribution in [0.15, 0.2) is 29.3 Å². The average molecular weight is 415 g/mol. The number of carbonyl (C=O) groups excluding carboxylic acids is 1. The van der Waals surface area contributed by atoms with Crippen LogP contribution in [0.3, 0.4) is 0 Å². The number of fused-ring (bicyclic) bond motifs is 5. The zero-order valence-corrected chi connectivity index (χ0v) is 16.6. The van der Waals surface area contributed by atoms with Crippen LogP contribution in [0.5, 0.6) is 0 Å². The number of halogens is 2. The summed E-state index contributed by atoms with van der Waals surface area (Å²) >= 11 is 0. The van der Waals surface area contributed by atoms with Gasteiger partial charge < -0.3 is 16.0 Å². The molecule has 2 bridgehead atoms. The van der Waals surface area contributed by atoms with Gasteiger partial charge in [0.05, 0.1) is 12.7 Å². The molecule has 1 saturated heterocycles. The molecule has 2 aromatic heterocycles. The van der Waals surface area contributed by atoms with E-state index < -0.39 is 6.17 Å². The van der Waals surface area contributed by atoms with Gasteiger partial charge in [0.2, 0.25) is 0 Å². The highest BCUT2D eigenvalue weighted by molar-refractivity contribution is 6.04. The molecule has 8 nitrogen and oxygen atoms in total. The number of aromatic nitrogens is 3. The molecule has 5 rings (SSSR count). The van der Waals surface area contributed by atoms with Gasteiger partial charge in [-0.1, -0.05) is 0 Å². The van der Waals surface area contributed by atoms with Gasteiger partial charge in [-0.2, -0.15) is 0 Å². The number of hydrogen-bond donors (Lipinski definition) is 2. The summed E-state index contributed by atoms with van der Waals surface area (Å²) in [4.78, 5) is 23.7. The van der Waals surface area contributed by atoms with Gasteiger partial charge in [-0.3, -0.25) is 9.79 Å². The van der Waals surface area contributed by atoms with Crippen LogP contribution >= 0.6 is 0 Å². The number of carbonyl (C=O) groups is 1. The summed E-state index contributed by atoms with van der Waals surface area (Å²) in [6, 6.07) is 1.29. The molecular formula is C20H23F2N7O. The van der Waals surface area contributed by atoms with Crippen molar-refractivity contribution in [1.29, 1.82) is 0 Å². The van der Waals surface area contributed by atoms with Crippen LogP contribution in [0.1, 0.15) is 43.0 Å². The van der Waals surface area contributed by atoms with E-state index in [0.29, 0.717) is 24.3 Å². The summed E-state index contributed by atoms with van der Waals surface area (Å²) in [5.74, 6) is -0.292. The third kappa shape index (κ3) is 3.10. The molecule has 3 aliphatic heterocycles. The molecule has 0 radical (unpaired) electrons. The number of hydrogen-bond acceptors (Lipinski definition) is 6. The summed E-state index contributed by atoms with van der Waals surface area (Å²) in [6.07, 6.45) is 3.55. The van der Waals surface area contributed by atoms with Crippen molar-refractivity contribution in [3.63, 3.8) is 0 Å². The molecule has 1 unspecified atom stereocenters. The second-order valence-electron chi connectivity index (χ2n) is 8.29. The Kier molecular flexibility index (Phi) is 4.44. The molecule has 30 heavy (non-hydrogen) atoms. The van der Waals surface area contributed by atoms with Crippen molar-refractivity contribution in [1.82, 2.24) is 19.9 Å². The molecule has 0 aromatic carbocycles. The van der Waals surface area contributed by atoms with Gasteiger partial charge in [-0.15, -0.1) is 5.10 Å². The lowest BCUT2D eigenvalue weighted by Crippen LogP contribution is -2.41. The summed E-state index contributed by atoms with van der Waals surface area (Å²) in [5, 5.41) is 7.13. The SMILES string of the molecule is C[C@H]1CCC2=NC=C(F)CC2[C@H]2C[C@H](F)CN2c2ccn3nc(N)c(c3n2)C(=O)N1. The van der Waals surface area contributed by atoms with Crippen molar-refractivity contribution >= 4 is 28.9 Å². The van der Waals surface area contributed by atoms with Crippen molar-refractivity contribution in [2.45, 2.75) is 50.9 Å². The van der Waals surface area contributed by atoms with Gasteiger partial charge in [-0.25, -0.2) is 18.3 Å². The number of amides is 1. The van der Waals surface area contributed by atoms with Crippen LogP contribution in [0.4, 0.5) is 20.4 Å². The molecule has 0 aliphatic carbocycles. The van der Waals surface area contributed by atoms with Crippen LogP contribution in [0.25, 0.3) is 5.65 Å². The van der Waals surface area contributed by atoms with Gasteiger partial charge in [0.15, 0.2) is 11.5 Å². The van der Waals surface area contributed by atoms with Crippen LogP contribution in [0.2, 0.25) is 0 Å². The van der Waals surface area contributed by atoms with E-state index in [0.717, 1.165) is 5.71 Å². The minimum Gasteiger partial charge on any atom is -0.381 e. The first kappa shape index (κ1) is 19.0. The molecule has 158 valence electrons. The maximum absolute atomic E-state index is 14.6. The van der Waals surface area contributed by atoms with Gasteiger partial charge in [0, 0.05) is 42.8 Å². The molecule has 3 N–H and O–H groups in total. The van der Waals surface area contributed by atoms with E-state index in [9.17, 15) is 13.6 Å². The quantitative estimate of drug-likeness (QED) is 0.688. The third-order valence-corrected chi connectivity index (χ3v) is 6.20. The maximum Gasteiger partial charge on any atom is 0.259 e. The minimum atomic E-state index is -1.05. The number of anilines is 2. The van der Waals surface area contributed by atoms with E-state index in [2.05, 4.69) is 20.4 Å². The van der Waals surface area contributed by atoms with E-state index >= 15 is 0 Å². The Morgan fingerprint density at radius 1 is 1.37 bits per heavy atom. The average Bonchev–Trinajstić information content (AvgIpc) is 3.24. The number of rotatable bonds is 0. The molecule has 0 spiro atoms. The van der Waals surface area contributed by atoms with Crippen LogP contribution in [-0.2, 0) is 0 Å². The Bertz CT molecular complexity index is 1080. The standard InChI is InChI=1S/C20H23F2N7O/c1-10-2-3-14-13(6-11(21)8-24-14)15-7-12(22)9-28(15)16-4-5-29-19(26-16)17(18(23)27-29)20(30)25-10/h4-5,8,10,12-13,15H,2-3,6-7,9H2,1H3,(H2,23,27)(H,25,30)/t10-,12-,13?,15+/m0/s1. The zero-order valence-electron chi connectivity index (χ0n) is 16.6. The van der Waals surface area contributed by atoms with Crippen molar-refractivity contribution in [2.75, 3.05) is 17.2 Å². The van der Waals surface area contributed by atoms with Gasteiger partial charge >= 0.3 is 0 Å². The molecule has 5 heterocycles. The molecule has 10 heteroatoms. The van der Waals surface area contributed by atoms with Gasteiger partial charge in [0.1, 0.15) is 23.4 Å². The molecule has 0 saturated carbocycles. The Balaban J connectivity index is 1.65. The fourth-order valence-electron chi connectivity index (χ4n) is 4.74. The van der Waals surface area contributed by atoms with Gasteiger partial charge in [-0.05, 0) is 25.8 Å². The highest BCUT2D eigenvalue weighted by Gasteiger charge is 2.41. The lowest BCUT2D eigenvalue weighted by atomic mass is 9.85. The smallest absolute Gasteiger partial charge is 0.259 e. The normalized spacial score (nSPS) is 29.3. The zero-order chi connectivity index (χ0) is 21.0. The predicted molar refractivity (Wildman–Crippen MR) is 109 cm³/mol. The summed E-state index contributed by atoms with van der Waals surface area (Å²) in [5.41, 5.74) is 7.37. The highest BCUT2D eigenvalue weighted by Crippen LogP contribution is 2.37. The Morgan fingerprint density at radius 3 is 3.03 bits per heavy atom. The summed E-state index contributed by atoms with van der Waals surface area (Å²) in [7, 11) is 0. The van der Waals surface area contributed by atoms with E-state index in [1.54, 1.807) is 12.3 Å². The first-order chi connectivity index (χ1) is 14.4. The number of allylic oxidation sites excluding steroid dienone is 1. The van der Waals surface area contributed by atoms with Crippen molar-refractivity contribution in [2.24, 2.45) is 10.9 Å². The van der Waals surface area contributed by atoms with E-state index in [1.165, 1.54) is 10.7 Å². The Labute approximate surface area is 171 Å². The summed E-state index contributed by atoms with van der Waals surface area (Å²) < 4.78 is 30.2. The lowest BCUT2D eigenvalue weighted by molar-refractivity contribution is 0.0941. The predicted octanol–water partition coefficient (Wildman–Crippen LogP) is 2.41. The first-order valence-corrected chi connectivity index (χ1v) is 10.2. The van der Waals surface area contributed by atoms with Crippen molar-refractivity contribution in [3.05, 3.63) is 29.9 Å². The topological polar surface area (TPSA) is 101 Å². The number of nitrogens with zero attached hydrogens (tertiary/aromatic N) is 5. The fraction of sp³-hybridized carbons (Fsp3) is 0.500. The van der Waals surface area contributed by atoms with Gasteiger partial charge in [0.25, 0.3) is 5.91 Å². The second kappa shape index (κ2) is 7.03. The molecule has 3 aliphatic rings. The maximum atomic E-state index is 14.6. The van der Waals surface area contributed by atoms with E-state index in [4.69, 9.17) is 5.73 Å². The second-order valence-corrected chi connectivity index (χ2v) is 8.29. The van der Waals surface area contributed by atoms with E-state index in [-0.39, 0.29) is 60.5 Å². The Morgan fingerprint density at radius 2 is 2.20 bits per heavy atom. The molecule has 2 aromatic rings.